The zero-order valence-corrected chi connectivity index (χ0v) is 13.1. The molecule has 0 aliphatic carbocycles. The zero-order valence-electron chi connectivity index (χ0n) is 8.12. The fourth-order valence-corrected chi connectivity index (χ4v) is 9.92. The van der Waals surface area contributed by atoms with Gasteiger partial charge in [0.1, 0.15) is 0 Å². The van der Waals surface area contributed by atoms with Gasteiger partial charge in [-0.05, 0) is 0 Å². The predicted octanol–water partition coefficient (Wildman–Crippen LogP) is 4.37. The fraction of sp³-hybridized carbons (Fsp3) is 1.00. The van der Waals surface area contributed by atoms with Crippen LogP contribution in [0.3, 0.4) is 0 Å². The van der Waals surface area contributed by atoms with E-state index >= 15 is 0 Å². The van der Waals surface area contributed by atoms with Gasteiger partial charge in [0.2, 0.25) is 0 Å². The molecule has 3 heteroatoms. The van der Waals surface area contributed by atoms with Gasteiger partial charge in [-0.1, -0.05) is 0 Å². The maximum absolute atomic E-state index is 2.84. The van der Waals surface area contributed by atoms with Crippen LogP contribution in [0.1, 0.15) is 33.6 Å². The van der Waals surface area contributed by atoms with Gasteiger partial charge in [-0.15, -0.1) is 0 Å². The molecular weight excluding hydrogens is 356 g/mol. The smallest absolute Gasteiger partial charge is 0.344 e. The Bertz CT molecular complexity index is 84.2. The molecule has 0 amide bonds. The normalized spacial score (nSPS) is 10.9. The molecule has 0 aromatic carbocycles. The SMILES string of the molecule is CCC[CH2][Sn]([I])([CH2]C)[CH2]C.N. The number of hydrogen-bond donors (Lipinski definition) is 1. The molecule has 0 rings (SSSR count). The maximum atomic E-state index is 2.84. The second-order valence-electron chi connectivity index (χ2n) is 2.96. The molecule has 0 saturated carbocycles. The minimum absolute atomic E-state index is 0. The van der Waals surface area contributed by atoms with Gasteiger partial charge in [0.05, 0.1) is 0 Å². The molecule has 0 aromatic rings. The Kier molecular flexibility index (Phi) is 11.0. The molecule has 0 unspecified atom stereocenters. The Hall–Kier alpha value is 1.49. The second kappa shape index (κ2) is 8.10. The van der Waals surface area contributed by atoms with E-state index in [9.17, 15) is 0 Å². The van der Waals surface area contributed by atoms with Gasteiger partial charge in [-0.3, -0.25) is 0 Å². The second-order valence-corrected chi connectivity index (χ2v) is 30.3. The quantitative estimate of drug-likeness (QED) is 0.560. The standard InChI is InChI=1S/C4H9.2C2H5.HI.H3N.Sn/c1-3-4-2;2*1-2;;;/h1,3-4H2,2H3;2*1H2,2H3;1H;1H3;/q;;;;;+1/p-1. The van der Waals surface area contributed by atoms with Crippen LogP contribution in [-0.2, 0) is 0 Å². The van der Waals surface area contributed by atoms with Crippen LogP contribution >= 0.6 is 18.6 Å². The van der Waals surface area contributed by atoms with Crippen molar-refractivity contribution in [3.63, 3.8) is 0 Å². The summed E-state index contributed by atoms with van der Waals surface area (Å²) in [5.74, 6) is 0. The van der Waals surface area contributed by atoms with Crippen LogP contribution in [-0.4, -0.2) is 14.4 Å². The first-order chi connectivity index (χ1) is 4.68. The molecule has 3 N–H and O–H groups in total. The molecule has 0 fully saturated rings. The number of unbranched alkanes of at least 4 members (excludes halogenated alkanes) is 1. The molecule has 0 spiro atoms. The Morgan fingerprint density at radius 3 is 1.82 bits per heavy atom. The predicted molar refractivity (Wildman–Crippen MR) is 65.5 cm³/mol. The molecule has 70 valence electrons. The van der Waals surface area contributed by atoms with Gasteiger partial charge in [-0.2, -0.15) is 0 Å². The van der Waals surface area contributed by atoms with Crippen LogP contribution in [0.25, 0.3) is 0 Å². The third kappa shape index (κ3) is 6.63. The van der Waals surface area contributed by atoms with Crippen LogP contribution in [0, 0.1) is 0 Å². The van der Waals surface area contributed by atoms with Crippen molar-refractivity contribution in [2.24, 2.45) is 0 Å². The van der Waals surface area contributed by atoms with Gasteiger partial charge in [0.15, 0.2) is 0 Å². The van der Waals surface area contributed by atoms with Crippen molar-refractivity contribution in [3.05, 3.63) is 0 Å². The van der Waals surface area contributed by atoms with E-state index in [-0.39, 0.29) is 6.15 Å². The van der Waals surface area contributed by atoms with E-state index in [1.54, 1.807) is 4.44 Å². The zero-order chi connectivity index (χ0) is 8.04. The minimum Gasteiger partial charge on any atom is -0.344 e. The van der Waals surface area contributed by atoms with Crippen LogP contribution in [0.5, 0.6) is 0 Å². The summed E-state index contributed by atoms with van der Waals surface area (Å²) in [6.45, 7) is 7.08. The molecule has 0 aliphatic heterocycles. The molecule has 0 heterocycles. The topological polar surface area (TPSA) is 35.0 Å². The van der Waals surface area contributed by atoms with E-state index in [2.05, 4.69) is 39.4 Å². The Labute approximate surface area is 85.4 Å². The molecule has 0 bridgehead atoms. The molecule has 0 radical (unpaired) electrons. The van der Waals surface area contributed by atoms with Crippen LogP contribution in [0.4, 0.5) is 0 Å². The molecule has 0 aliphatic rings. The van der Waals surface area contributed by atoms with Crippen molar-refractivity contribution >= 4 is 33.0 Å². The Balaban J connectivity index is 0. The van der Waals surface area contributed by atoms with E-state index in [4.69, 9.17) is 0 Å². The summed E-state index contributed by atoms with van der Waals surface area (Å²) in [6, 6.07) is 0. The molecule has 0 saturated heterocycles. The van der Waals surface area contributed by atoms with Crippen LogP contribution in [0.2, 0.25) is 13.3 Å². The van der Waals surface area contributed by atoms with Gasteiger partial charge in [0, 0.05) is 0 Å². The van der Waals surface area contributed by atoms with Gasteiger partial charge < -0.3 is 6.15 Å². The summed E-state index contributed by atoms with van der Waals surface area (Å²) in [5, 5.41) is 0. The van der Waals surface area contributed by atoms with Crippen molar-refractivity contribution in [3.8, 4) is 0 Å². The van der Waals surface area contributed by atoms with E-state index in [0.717, 1.165) is 0 Å². The Morgan fingerprint density at radius 1 is 1.09 bits per heavy atom. The summed E-state index contributed by atoms with van der Waals surface area (Å²) in [5.41, 5.74) is 0. The first-order valence-corrected chi connectivity index (χ1v) is 18.7. The molecule has 0 atom stereocenters. The maximum Gasteiger partial charge on any atom is -0.344 e. The first kappa shape index (κ1) is 15.0. The van der Waals surface area contributed by atoms with Crippen molar-refractivity contribution in [2.45, 2.75) is 46.9 Å². The first-order valence-electron chi connectivity index (χ1n) is 4.37. The van der Waals surface area contributed by atoms with E-state index < -0.39 is 14.4 Å². The van der Waals surface area contributed by atoms with E-state index in [1.165, 1.54) is 21.7 Å². The third-order valence-corrected chi connectivity index (χ3v) is 26.9. The van der Waals surface area contributed by atoms with Crippen molar-refractivity contribution in [2.75, 3.05) is 0 Å². The Morgan fingerprint density at radius 2 is 1.55 bits per heavy atom. The molecular formula is C8H22INSn. The third-order valence-electron chi connectivity index (χ3n) is 2.25. The number of rotatable bonds is 5. The average molecular weight is 378 g/mol. The van der Waals surface area contributed by atoms with Gasteiger partial charge in [-0.25, -0.2) is 0 Å². The monoisotopic (exact) mass is 379 g/mol. The summed E-state index contributed by atoms with van der Waals surface area (Å²) in [6.07, 6.45) is 2.88. The molecule has 11 heavy (non-hydrogen) atoms. The molecule has 1 nitrogen and oxygen atoms in total. The van der Waals surface area contributed by atoms with Gasteiger partial charge in [0.25, 0.3) is 0 Å². The summed E-state index contributed by atoms with van der Waals surface area (Å²) in [4.78, 5) is 0. The van der Waals surface area contributed by atoms with E-state index in [0.29, 0.717) is 0 Å². The van der Waals surface area contributed by atoms with Crippen molar-refractivity contribution in [1.29, 1.82) is 0 Å². The largest absolute Gasteiger partial charge is 0.344 e. The van der Waals surface area contributed by atoms with E-state index in [1.807, 2.05) is 0 Å². The van der Waals surface area contributed by atoms with Crippen molar-refractivity contribution < 1.29 is 0 Å². The summed E-state index contributed by atoms with van der Waals surface area (Å²) >= 11 is 1.39. The van der Waals surface area contributed by atoms with Gasteiger partial charge >= 0.3 is 80.0 Å². The summed E-state index contributed by atoms with van der Waals surface area (Å²) < 4.78 is 4.68. The molecule has 0 aromatic heterocycles. The van der Waals surface area contributed by atoms with Crippen LogP contribution in [0.15, 0.2) is 0 Å². The average Bonchev–Trinajstić information content (AvgIpc) is 2.00. The minimum atomic E-state index is -1.44. The number of hydrogen-bond acceptors (Lipinski definition) is 1. The number of halogens is 1. The van der Waals surface area contributed by atoms with Crippen LogP contribution < -0.4 is 6.15 Å². The fourth-order valence-electron chi connectivity index (χ4n) is 1.10. The summed E-state index contributed by atoms with van der Waals surface area (Å²) in [7, 11) is 0. The van der Waals surface area contributed by atoms with Crippen molar-refractivity contribution in [1.82, 2.24) is 6.15 Å².